The molecule has 160 valence electrons. The van der Waals surface area contributed by atoms with Crippen LogP contribution in [0.15, 0.2) is 42.5 Å². The minimum atomic E-state index is -0.686. The number of hydrogen-bond donors (Lipinski definition) is 1. The molecule has 0 heterocycles. The minimum Gasteiger partial charge on any atom is -0.357 e. The van der Waals surface area contributed by atoms with Crippen molar-refractivity contribution in [3.05, 3.63) is 73.8 Å². The number of rotatable bonds is 9. The summed E-state index contributed by atoms with van der Waals surface area (Å²) < 4.78 is 0. The van der Waals surface area contributed by atoms with Crippen LogP contribution in [-0.2, 0) is 21.9 Å². The first-order valence-electron chi connectivity index (χ1n) is 8.99. The first-order chi connectivity index (χ1) is 14.2. The Bertz CT molecular complexity index is 925. The zero-order valence-corrected chi connectivity index (χ0v) is 18.8. The van der Waals surface area contributed by atoms with Gasteiger partial charge in [0, 0.05) is 41.5 Å². The van der Waals surface area contributed by atoms with E-state index in [0.29, 0.717) is 21.4 Å². The van der Waals surface area contributed by atoms with Crippen molar-refractivity contribution >= 4 is 52.5 Å². The van der Waals surface area contributed by atoms with Gasteiger partial charge in [-0.1, -0.05) is 41.4 Å². The van der Waals surface area contributed by atoms with E-state index in [9.17, 15) is 19.7 Å². The van der Waals surface area contributed by atoms with Gasteiger partial charge in [-0.15, -0.1) is 11.8 Å². The van der Waals surface area contributed by atoms with Crippen molar-refractivity contribution < 1.29 is 14.5 Å². The van der Waals surface area contributed by atoms with Crippen LogP contribution in [0.4, 0.5) is 5.69 Å². The second-order valence-electron chi connectivity index (χ2n) is 6.46. The Hall–Kier alpha value is -2.29. The van der Waals surface area contributed by atoms with Gasteiger partial charge in [-0.3, -0.25) is 19.7 Å². The van der Waals surface area contributed by atoms with Crippen molar-refractivity contribution in [2.24, 2.45) is 0 Å². The number of likely N-dealkylation sites (N-methyl/N-ethyl adjacent to an activating group) is 1. The van der Waals surface area contributed by atoms with Crippen molar-refractivity contribution in [1.29, 1.82) is 0 Å². The van der Waals surface area contributed by atoms with Gasteiger partial charge in [0.25, 0.3) is 5.69 Å². The van der Waals surface area contributed by atoms with E-state index < -0.39 is 11.0 Å². The molecule has 10 heteroatoms. The molecule has 30 heavy (non-hydrogen) atoms. The molecule has 1 atom stereocenters. The summed E-state index contributed by atoms with van der Waals surface area (Å²) in [6, 6.07) is 10.5. The summed E-state index contributed by atoms with van der Waals surface area (Å²) >= 11 is 13.5. The number of nitrogens with zero attached hydrogens (tertiary/aromatic N) is 2. The molecule has 2 aromatic rings. The number of nitrogens with one attached hydrogen (secondary N) is 1. The van der Waals surface area contributed by atoms with Gasteiger partial charge in [0.1, 0.15) is 6.04 Å². The Morgan fingerprint density at radius 3 is 2.43 bits per heavy atom. The summed E-state index contributed by atoms with van der Waals surface area (Å²) in [5.74, 6) is 0.148. The van der Waals surface area contributed by atoms with Gasteiger partial charge in [-0.25, -0.2) is 0 Å². The lowest BCUT2D eigenvalue weighted by Crippen LogP contribution is -2.47. The molecule has 0 aromatic heterocycles. The normalized spacial score (nSPS) is 11.6. The van der Waals surface area contributed by atoms with Gasteiger partial charge in [0.15, 0.2) is 0 Å². The molecule has 2 amide bonds. The number of benzene rings is 2. The van der Waals surface area contributed by atoms with Crippen molar-refractivity contribution in [2.45, 2.75) is 25.3 Å². The summed E-state index contributed by atoms with van der Waals surface area (Å²) in [7, 11) is 1.51. The Labute approximate surface area is 188 Å². The van der Waals surface area contributed by atoms with E-state index in [1.807, 2.05) is 0 Å². The largest absolute Gasteiger partial charge is 0.357 e. The third-order valence-corrected chi connectivity index (χ3v) is 5.99. The number of amides is 2. The third-order valence-electron chi connectivity index (χ3n) is 4.41. The fourth-order valence-electron chi connectivity index (χ4n) is 2.68. The number of carbonyl (C=O) groups excluding carboxylic acids is 2. The minimum absolute atomic E-state index is 0.0187. The highest BCUT2D eigenvalue weighted by atomic mass is 35.5. The molecule has 1 N–H and O–H groups in total. The first-order valence-corrected chi connectivity index (χ1v) is 10.9. The van der Waals surface area contributed by atoms with Crippen LogP contribution in [0, 0.1) is 10.1 Å². The van der Waals surface area contributed by atoms with Gasteiger partial charge in [-0.05, 0) is 30.2 Å². The zero-order chi connectivity index (χ0) is 22.3. The van der Waals surface area contributed by atoms with Crippen molar-refractivity contribution in [3.63, 3.8) is 0 Å². The lowest BCUT2D eigenvalue weighted by Gasteiger charge is -2.28. The third kappa shape index (κ3) is 6.62. The molecule has 2 rings (SSSR count). The Morgan fingerprint density at radius 2 is 1.87 bits per heavy atom. The standard InChI is InChI=1S/C20H21Cl2N3O4S/c1-13(20(27)23-2)24(10-15-5-6-16(21)9-18(15)22)19(26)12-30-11-14-3-7-17(8-4-14)25(28)29/h3-9,13H,10-12H2,1-2H3,(H,23,27). The summed E-state index contributed by atoms with van der Waals surface area (Å²) in [6.45, 7) is 1.82. The number of halogens is 2. The van der Waals surface area contributed by atoms with Gasteiger partial charge >= 0.3 is 0 Å². The molecule has 2 aromatic carbocycles. The van der Waals surface area contributed by atoms with E-state index >= 15 is 0 Å². The quantitative estimate of drug-likeness (QED) is 0.436. The summed E-state index contributed by atoms with van der Waals surface area (Å²) in [4.78, 5) is 36.8. The fraction of sp³-hybridized carbons (Fsp3) is 0.300. The lowest BCUT2D eigenvalue weighted by molar-refractivity contribution is -0.384. The van der Waals surface area contributed by atoms with Crippen molar-refractivity contribution in [3.8, 4) is 0 Å². The molecule has 0 bridgehead atoms. The Balaban J connectivity index is 2.06. The maximum atomic E-state index is 12.9. The second kappa shape index (κ2) is 11.2. The highest BCUT2D eigenvalue weighted by Gasteiger charge is 2.26. The molecule has 0 aliphatic carbocycles. The SMILES string of the molecule is CNC(=O)C(C)N(Cc1ccc(Cl)cc1Cl)C(=O)CSCc1ccc([N+](=O)[O-])cc1. The number of hydrogen-bond acceptors (Lipinski definition) is 5. The van der Waals surface area contributed by atoms with Crippen LogP contribution in [-0.4, -0.2) is 40.5 Å². The molecule has 7 nitrogen and oxygen atoms in total. The fourth-order valence-corrected chi connectivity index (χ4v) is 4.02. The van der Waals surface area contributed by atoms with Crippen LogP contribution >= 0.6 is 35.0 Å². The van der Waals surface area contributed by atoms with E-state index in [2.05, 4.69) is 5.32 Å². The molecule has 0 spiro atoms. The number of nitro benzene ring substituents is 1. The van der Waals surface area contributed by atoms with Crippen LogP contribution in [0.1, 0.15) is 18.1 Å². The van der Waals surface area contributed by atoms with Gasteiger partial charge < -0.3 is 10.2 Å². The number of nitro groups is 1. The van der Waals surface area contributed by atoms with E-state index in [1.165, 1.54) is 35.8 Å². The molecular formula is C20H21Cl2N3O4S. The molecule has 0 saturated carbocycles. The van der Waals surface area contributed by atoms with E-state index in [4.69, 9.17) is 23.2 Å². The molecule has 0 saturated heterocycles. The van der Waals surface area contributed by atoms with E-state index in [0.717, 1.165) is 5.56 Å². The maximum Gasteiger partial charge on any atom is 0.269 e. The second-order valence-corrected chi connectivity index (χ2v) is 8.29. The van der Waals surface area contributed by atoms with Crippen molar-refractivity contribution in [1.82, 2.24) is 10.2 Å². The first kappa shape index (κ1) is 24.0. The number of carbonyl (C=O) groups is 2. The molecule has 0 fully saturated rings. The monoisotopic (exact) mass is 469 g/mol. The highest BCUT2D eigenvalue weighted by Crippen LogP contribution is 2.24. The van der Waals surface area contributed by atoms with Crippen LogP contribution in [0.25, 0.3) is 0 Å². The summed E-state index contributed by atoms with van der Waals surface area (Å²) in [5, 5.41) is 14.2. The van der Waals surface area contributed by atoms with Crippen LogP contribution in [0.5, 0.6) is 0 Å². The predicted octanol–water partition coefficient (Wildman–Crippen LogP) is 4.30. The van der Waals surface area contributed by atoms with Crippen LogP contribution < -0.4 is 5.32 Å². The van der Waals surface area contributed by atoms with E-state index in [-0.39, 0.29) is 29.8 Å². The maximum absolute atomic E-state index is 12.9. The predicted molar refractivity (Wildman–Crippen MR) is 120 cm³/mol. The van der Waals surface area contributed by atoms with Gasteiger partial charge in [0.2, 0.25) is 11.8 Å². The highest BCUT2D eigenvalue weighted by molar-refractivity contribution is 7.99. The smallest absolute Gasteiger partial charge is 0.269 e. The Morgan fingerprint density at radius 1 is 1.20 bits per heavy atom. The summed E-state index contributed by atoms with van der Waals surface area (Å²) in [6.07, 6.45) is 0. The molecule has 0 radical (unpaired) electrons. The summed E-state index contributed by atoms with van der Waals surface area (Å²) in [5.41, 5.74) is 1.57. The Kier molecular flexibility index (Phi) is 8.95. The van der Waals surface area contributed by atoms with Gasteiger partial charge in [0.05, 0.1) is 10.7 Å². The average molecular weight is 470 g/mol. The van der Waals surface area contributed by atoms with Crippen molar-refractivity contribution in [2.75, 3.05) is 12.8 Å². The molecule has 0 aliphatic heterocycles. The zero-order valence-electron chi connectivity index (χ0n) is 16.4. The average Bonchev–Trinajstić information content (AvgIpc) is 2.72. The van der Waals surface area contributed by atoms with Gasteiger partial charge in [-0.2, -0.15) is 0 Å². The lowest BCUT2D eigenvalue weighted by atomic mass is 10.1. The molecule has 0 aliphatic rings. The topological polar surface area (TPSA) is 92.6 Å². The number of thioether (sulfide) groups is 1. The molecule has 1 unspecified atom stereocenters. The van der Waals surface area contributed by atoms with E-state index in [1.54, 1.807) is 37.3 Å². The number of non-ortho nitro benzene ring substituents is 1. The molecular weight excluding hydrogens is 449 g/mol. The van der Waals surface area contributed by atoms with Crippen LogP contribution in [0.3, 0.4) is 0 Å². The van der Waals surface area contributed by atoms with Crippen LogP contribution in [0.2, 0.25) is 10.0 Å².